The average Bonchev–Trinajstić information content (AvgIpc) is 3.18. The number of benzene rings is 2. The van der Waals surface area contributed by atoms with Crippen molar-refractivity contribution in [1.29, 1.82) is 0 Å². The molecule has 26 heavy (non-hydrogen) atoms. The minimum Gasteiger partial charge on any atom is -1.00 e. The molecule has 2 aromatic rings. The molecule has 0 heterocycles. The summed E-state index contributed by atoms with van der Waals surface area (Å²) in [7, 11) is 0. The average molecular weight is 463 g/mol. The molecule has 0 fully saturated rings. The summed E-state index contributed by atoms with van der Waals surface area (Å²) in [6, 6.07) is 17.9. The molecule has 2 atom stereocenters. The van der Waals surface area contributed by atoms with Crippen LogP contribution >= 0.6 is 0 Å². The fraction of sp³-hybridized carbons (Fsp3) is 0.261. The molecule has 3 heteroatoms. The van der Waals surface area contributed by atoms with Crippen LogP contribution in [0.25, 0.3) is 12.2 Å². The normalized spacial score (nSPS) is 19.1. The number of rotatable bonds is 4. The molecule has 0 spiro atoms. The van der Waals surface area contributed by atoms with Gasteiger partial charge in [-0.05, 0) is 0 Å². The van der Waals surface area contributed by atoms with E-state index in [0.29, 0.717) is 11.8 Å². The largest absolute Gasteiger partial charge is 1.00 e. The second kappa shape index (κ2) is 8.96. The summed E-state index contributed by atoms with van der Waals surface area (Å²) in [5, 5.41) is 0. The van der Waals surface area contributed by atoms with Crippen molar-refractivity contribution in [3.8, 4) is 0 Å². The molecule has 2 aliphatic rings. The van der Waals surface area contributed by atoms with Crippen LogP contribution in [0.15, 0.2) is 55.1 Å². The van der Waals surface area contributed by atoms with Gasteiger partial charge in [0.1, 0.15) is 0 Å². The quantitative estimate of drug-likeness (QED) is 0.607. The van der Waals surface area contributed by atoms with Crippen LogP contribution in [-0.2, 0) is 21.3 Å². The van der Waals surface area contributed by atoms with Gasteiger partial charge in [-0.1, -0.05) is 0 Å². The summed E-state index contributed by atoms with van der Waals surface area (Å²) in [5.74, 6) is 1.21. The molecule has 0 aliphatic heterocycles. The summed E-state index contributed by atoms with van der Waals surface area (Å²) in [6.45, 7) is 4.65. The van der Waals surface area contributed by atoms with Crippen LogP contribution in [0, 0.1) is 0 Å². The van der Waals surface area contributed by atoms with Crippen molar-refractivity contribution in [3.63, 3.8) is 0 Å². The minimum absolute atomic E-state index is 0. The molecule has 0 aromatic heterocycles. The predicted molar refractivity (Wildman–Crippen MR) is 102 cm³/mol. The predicted octanol–water partition coefficient (Wildman–Crippen LogP) is 0.141. The fourth-order valence-corrected chi connectivity index (χ4v) is 10.7. The molecule has 2 aromatic carbocycles. The number of halogens is 2. The van der Waals surface area contributed by atoms with Crippen molar-refractivity contribution < 1.29 is 46.1 Å². The van der Waals surface area contributed by atoms with Crippen LogP contribution in [0.2, 0.25) is 0 Å². The topological polar surface area (TPSA) is 0 Å². The van der Waals surface area contributed by atoms with Crippen molar-refractivity contribution in [3.05, 3.63) is 77.3 Å². The minimum atomic E-state index is -2.03. The first-order valence-corrected chi connectivity index (χ1v) is 13.2. The molecular formula is C23H24Cl2Zr. The van der Waals surface area contributed by atoms with Crippen molar-refractivity contribution in [1.82, 2.24) is 0 Å². The Kier molecular flexibility index (Phi) is 7.43. The zero-order valence-corrected chi connectivity index (χ0v) is 19.3. The van der Waals surface area contributed by atoms with E-state index in [1.165, 1.54) is 35.1 Å². The number of fused-ring (bicyclic) bond motifs is 2. The Morgan fingerprint density at radius 3 is 1.50 bits per heavy atom. The Balaban J connectivity index is 0.00000121. The molecule has 0 unspecified atom stereocenters. The number of hydrogen-bond donors (Lipinski definition) is 0. The second-order valence-electron chi connectivity index (χ2n) is 6.86. The second-order valence-corrected chi connectivity index (χ2v) is 12.0. The molecule has 0 saturated heterocycles. The third kappa shape index (κ3) is 3.51. The first kappa shape index (κ1) is 21.6. The Morgan fingerprint density at radius 2 is 1.12 bits per heavy atom. The van der Waals surface area contributed by atoms with Gasteiger partial charge in [-0.15, -0.1) is 0 Å². The van der Waals surface area contributed by atoms with E-state index in [4.69, 9.17) is 4.21 Å². The van der Waals surface area contributed by atoms with Crippen LogP contribution in [0.4, 0.5) is 0 Å². The summed E-state index contributed by atoms with van der Waals surface area (Å²) < 4.78 is 8.21. The Bertz CT molecular complexity index is 808. The molecule has 0 N–H and O–H groups in total. The van der Waals surface area contributed by atoms with Crippen molar-refractivity contribution >= 4 is 16.4 Å². The van der Waals surface area contributed by atoms with Gasteiger partial charge < -0.3 is 24.8 Å². The van der Waals surface area contributed by atoms with Gasteiger partial charge in [-0.2, -0.15) is 0 Å². The van der Waals surface area contributed by atoms with E-state index in [0.717, 1.165) is 0 Å². The third-order valence-electron chi connectivity index (χ3n) is 5.63. The van der Waals surface area contributed by atoms with Crippen molar-refractivity contribution in [2.24, 2.45) is 0 Å². The maximum atomic E-state index is 4.82. The monoisotopic (exact) mass is 460 g/mol. The van der Waals surface area contributed by atoms with Crippen LogP contribution in [0.3, 0.4) is 0 Å². The van der Waals surface area contributed by atoms with E-state index in [-0.39, 0.29) is 24.8 Å². The van der Waals surface area contributed by atoms with Crippen molar-refractivity contribution in [2.45, 2.75) is 38.5 Å². The summed E-state index contributed by atoms with van der Waals surface area (Å²) in [6.07, 6.45) is 7.36. The Morgan fingerprint density at radius 1 is 0.731 bits per heavy atom. The molecule has 0 nitrogen and oxygen atoms in total. The van der Waals surface area contributed by atoms with E-state index in [1.54, 1.807) is 6.56 Å². The zero-order valence-electron chi connectivity index (χ0n) is 15.3. The van der Waals surface area contributed by atoms with E-state index < -0.39 is 21.3 Å². The summed E-state index contributed by atoms with van der Waals surface area (Å²) in [4.78, 5) is 0. The van der Waals surface area contributed by atoms with Gasteiger partial charge in [0.2, 0.25) is 0 Å². The van der Waals surface area contributed by atoms with E-state index in [2.05, 4.69) is 74.5 Å². The molecule has 0 bridgehead atoms. The number of allylic oxidation sites excluding steroid dienone is 2. The van der Waals surface area contributed by atoms with Gasteiger partial charge in [0.15, 0.2) is 0 Å². The molecule has 4 rings (SSSR count). The summed E-state index contributed by atoms with van der Waals surface area (Å²) in [5.41, 5.74) is 5.93. The molecule has 2 aliphatic carbocycles. The molecule has 0 amide bonds. The van der Waals surface area contributed by atoms with Gasteiger partial charge in [0, 0.05) is 0 Å². The standard InChI is InChI=1S/2C11H11.CH2.2ClH.Zr/c2*1-2-9-7-8-10-5-3-4-6-11(9)10;;;;/h2*3-6,8-9H,2H2,1H3;1H2;2*1H;/q;;;;;+2/p-2/t2*9-;;;;/m10..../s1. The van der Waals surface area contributed by atoms with Gasteiger partial charge in [0.25, 0.3) is 0 Å². The van der Waals surface area contributed by atoms with E-state index >= 15 is 0 Å². The van der Waals surface area contributed by atoms with Gasteiger partial charge in [-0.3, -0.25) is 0 Å². The van der Waals surface area contributed by atoms with Crippen LogP contribution in [0.5, 0.6) is 0 Å². The smallest absolute Gasteiger partial charge is 1.00 e. The number of hydrogen-bond acceptors (Lipinski definition) is 0. The zero-order chi connectivity index (χ0) is 16.7. The first-order valence-electron chi connectivity index (χ1n) is 9.05. The van der Waals surface area contributed by atoms with Crippen molar-refractivity contribution in [2.75, 3.05) is 0 Å². The van der Waals surface area contributed by atoms with Crippen LogP contribution in [0.1, 0.15) is 60.8 Å². The SMILES string of the molecule is [CH2]=[Zr+2]([C]1=Cc2ccccc2[C@@H]1CC)[C]1=Cc2ccccc2[C@H]1CC.[Cl-].[Cl-]. The Hall–Kier alpha value is -0.747. The maximum absolute atomic E-state index is 4.82. The summed E-state index contributed by atoms with van der Waals surface area (Å²) >= 11 is -2.03. The third-order valence-corrected chi connectivity index (χ3v) is 11.5. The van der Waals surface area contributed by atoms with E-state index in [1.807, 2.05) is 0 Å². The molecule has 134 valence electrons. The van der Waals surface area contributed by atoms with Gasteiger partial charge >= 0.3 is 154 Å². The van der Waals surface area contributed by atoms with Gasteiger partial charge in [0.05, 0.1) is 0 Å². The molecule has 0 radical (unpaired) electrons. The van der Waals surface area contributed by atoms with Crippen LogP contribution < -0.4 is 24.8 Å². The van der Waals surface area contributed by atoms with Gasteiger partial charge in [-0.25, -0.2) is 0 Å². The maximum Gasteiger partial charge on any atom is -1.00 e. The molecular weight excluding hydrogens is 438 g/mol. The first-order chi connectivity index (χ1) is 11.7. The van der Waals surface area contributed by atoms with Crippen LogP contribution in [-0.4, -0.2) is 4.21 Å². The Labute approximate surface area is 177 Å². The van der Waals surface area contributed by atoms with E-state index in [9.17, 15) is 0 Å². The molecule has 0 saturated carbocycles. The fourth-order valence-electron chi connectivity index (χ4n) is 4.43.